The van der Waals surface area contributed by atoms with Crippen LogP contribution in [-0.4, -0.2) is 20.7 Å². The number of aromatic nitrogens is 2. The number of nitrogens with zero attached hydrogens (tertiary/aromatic N) is 4. The number of anilines is 1. The number of para-hydroxylation sites is 1. The van der Waals surface area contributed by atoms with Crippen molar-refractivity contribution in [1.29, 1.82) is 0 Å². The van der Waals surface area contributed by atoms with Gasteiger partial charge in [-0.05, 0) is 19.1 Å². The molecule has 0 spiro atoms. The largest absolute Gasteiger partial charge is 0.340 e. The molecule has 0 bridgehead atoms. The van der Waals surface area contributed by atoms with E-state index in [1.165, 1.54) is 18.3 Å². The van der Waals surface area contributed by atoms with Gasteiger partial charge in [-0.3, -0.25) is 15.5 Å². The molecular formula is C18H17N5O2. The van der Waals surface area contributed by atoms with E-state index in [-0.39, 0.29) is 5.69 Å². The van der Waals surface area contributed by atoms with Crippen molar-refractivity contribution in [3.05, 3.63) is 76.6 Å². The summed E-state index contributed by atoms with van der Waals surface area (Å²) in [5, 5.41) is 16.0. The molecule has 0 amide bonds. The lowest BCUT2D eigenvalue weighted by atomic mass is 10.1. The molecule has 0 aliphatic rings. The molecule has 25 heavy (non-hydrogen) atoms. The molecule has 0 saturated carbocycles. The molecule has 126 valence electrons. The maximum atomic E-state index is 10.6. The van der Waals surface area contributed by atoms with E-state index in [4.69, 9.17) is 0 Å². The third kappa shape index (κ3) is 3.25. The average molecular weight is 335 g/mol. The highest BCUT2D eigenvalue weighted by atomic mass is 16.6. The van der Waals surface area contributed by atoms with Gasteiger partial charge >= 0.3 is 0 Å². The van der Waals surface area contributed by atoms with Gasteiger partial charge in [0, 0.05) is 34.8 Å². The van der Waals surface area contributed by atoms with Gasteiger partial charge in [-0.1, -0.05) is 24.3 Å². The Morgan fingerprint density at radius 1 is 1.36 bits per heavy atom. The molecule has 0 aliphatic carbocycles. The van der Waals surface area contributed by atoms with Gasteiger partial charge in [0.15, 0.2) is 0 Å². The van der Waals surface area contributed by atoms with Gasteiger partial charge in [-0.2, -0.15) is 5.10 Å². The summed E-state index contributed by atoms with van der Waals surface area (Å²) < 4.78 is 2.17. The van der Waals surface area contributed by atoms with Crippen molar-refractivity contribution in [2.45, 2.75) is 13.5 Å². The maximum absolute atomic E-state index is 10.6. The van der Waals surface area contributed by atoms with Crippen molar-refractivity contribution < 1.29 is 4.92 Å². The number of fused-ring (bicyclic) bond motifs is 1. The zero-order valence-electron chi connectivity index (χ0n) is 13.7. The predicted octanol–water partition coefficient (Wildman–Crippen LogP) is 3.88. The van der Waals surface area contributed by atoms with Crippen molar-refractivity contribution in [1.82, 2.24) is 9.55 Å². The standard InChI is InChI=1S/C18H17N5O2/c1-3-10-22-13(2)16(15-6-4-5-7-17(15)22)12-20-21-18-9-8-14(11-19-18)23(24)25/h3-9,11-12H,1,10H2,2H3,(H,19,21)/b20-12-. The average Bonchev–Trinajstić information content (AvgIpc) is 2.88. The van der Waals surface area contributed by atoms with E-state index in [1.807, 2.05) is 31.2 Å². The Hall–Kier alpha value is -3.48. The zero-order chi connectivity index (χ0) is 17.8. The van der Waals surface area contributed by atoms with Gasteiger partial charge < -0.3 is 4.57 Å². The summed E-state index contributed by atoms with van der Waals surface area (Å²) in [4.78, 5) is 14.1. The van der Waals surface area contributed by atoms with Crippen LogP contribution in [0.1, 0.15) is 11.3 Å². The first kappa shape index (κ1) is 16.4. The third-order valence-corrected chi connectivity index (χ3v) is 3.92. The Bertz CT molecular complexity index is 958. The second kappa shape index (κ2) is 6.96. The fraction of sp³-hybridized carbons (Fsp3) is 0.111. The van der Waals surface area contributed by atoms with Crippen LogP contribution in [0, 0.1) is 17.0 Å². The lowest BCUT2D eigenvalue weighted by molar-refractivity contribution is -0.385. The molecule has 0 atom stereocenters. The van der Waals surface area contributed by atoms with Gasteiger partial charge in [0.2, 0.25) is 0 Å². The molecule has 2 heterocycles. The summed E-state index contributed by atoms with van der Waals surface area (Å²) in [6, 6.07) is 11.0. The van der Waals surface area contributed by atoms with Crippen molar-refractivity contribution in [2.24, 2.45) is 5.10 Å². The minimum Gasteiger partial charge on any atom is -0.340 e. The molecule has 0 unspecified atom stereocenters. The van der Waals surface area contributed by atoms with E-state index in [0.29, 0.717) is 5.82 Å². The molecule has 3 rings (SSSR count). The minimum atomic E-state index is -0.488. The number of rotatable bonds is 6. The van der Waals surface area contributed by atoms with Crippen LogP contribution in [0.25, 0.3) is 10.9 Å². The fourth-order valence-corrected chi connectivity index (χ4v) is 2.71. The van der Waals surface area contributed by atoms with Gasteiger partial charge in [0.25, 0.3) is 5.69 Å². The van der Waals surface area contributed by atoms with Crippen LogP contribution in [0.3, 0.4) is 0 Å². The second-order valence-electron chi connectivity index (χ2n) is 5.44. The Labute approximate surface area is 144 Å². The molecule has 0 radical (unpaired) electrons. The molecule has 7 heteroatoms. The number of hydrogen-bond acceptors (Lipinski definition) is 5. The van der Waals surface area contributed by atoms with Gasteiger partial charge in [0.05, 0.1) is 11.1 Å². The summed E-state index contributed by atoms with van der Waals surface area (Å²) in [6.07, 6.45) is 4.79. The molecule has 1 aromatic carbocycles. The number of hydrazone groups is 1. The van der Waals surface area contributed by atoms with Crippen LogP contribution in [0.4, 0.5) is 11.5 Å². The maximum Gasteiger partial charge on any atom is 0.287 e. The van der Waals surface area contributed by atoms with E-state index in [2.05, 4.69) is 32.7 Å². The number of nitro groups is 1. The van der Waals surface area contributed by atoms with E-state index in [1.54, 1.807) is 6.21 Å². The number of benzene rings is 1. The lowest BCUT2D eigenvalue weighted by Gasteiger charge is -2.04. The fourth-order valence-electron chi connectivity index (χ4n) is 2.71. The molecule has 0 fully saturated rings. The van der Waals surface area contributed by atoms with Crippen molar-refractivity contribution in [3.63, 3.8) is 0 Å². The van der Waals surface area contributed by atoms with Crippen molar-refractivity contribution >= 4 is 28.6 Å². The Morgan fingerprint density at radius 2 is 2.16 bits per heavy atom. The highest BCUT2D eigenvalue weighted by Crippen LogP contribution is 2.24. The highest BCUT2D eigenvalue weighted by molar-refractivity contribution is 6.01. The zero-order valence-corrected chi connectivity index (χ0v) is 13.7. The van der Waals surface area contributed by atoms with Crippen LogP contribution >= 0.6 is 0 Å². The quantitative estimate of drug-likeness (QED) is 0.320. The molecular weight excluding hydrogens is 318 g/mol. The molecule has 0 aliphatic heterocycles. The van der Waals surface area contributed by atoms with E-state index < -0.39 is 4.92 Å². The molecule has 3 aromatic rings. The number of nitrogens with one attached hydrogen (secondary N) is 1. The first-order valence-electron chi connectivity index (χ1n) is 7.70. The summed E-state index contributed by atoms with van der Waals surface area (Å²) in [5.74, 6) is 0.439. The monoisotopic (exact) mass is 335 g/mol. The van der Waals surface area contributed by atoms with E-state index in [0.717, 1.165) is 28.7 Å². The Kier molecular flexibility index (Phi) is 4.56. The Balaban J connectivity index is 1.87. The van der Waals surface area contributed by atoms with Crippen LogP contribution in [0.2, 0.25) is 0 Å². The van der Waals surface area contributed by atoms with E-state index in [9.17, 15) is 10.1 Å². The third-order valence-electron chi connectivity index (χ3n) is 3.92. The summed E-state index contributed by atoms with van der Waals surface area (Å²) >= 11 is 0. The van der Waals surface area contributed by atoms with E-state index >= 15 is 0 Å². The molecule has 1 N–H and O–H groups in total. The van der Waals surface area contributed by atoms with Crippen molar-refractivity contribution in [2.75, 3.05) is 5.43 Å². The predicted molar refractivity (Wildman–Crippen MR) is 99.0 cm³/mol. The first-order valence-corrected chi connectivity index (χ1v) is 7.70. The minimum absolute atomic E-state index is 0.0575. The van der Waals surface area contributed by atoms with Gasteiger partial charge in [0.1, 0.15) is 12.0 Å². The lowest BCUT2D eigenvalue weighted by Crippen LogP contribution is -1.99. The topological polar surface area (TPSA) is 85.3 Å². The summed E-state index contributed by atoms with van der Waals surface area (Å²) in [6.45, 7) is 6.57. The highest BCUT2D eigenvalue weighted by Gasteiger charge is 2.11. The first-order chi connectivity index (χ1) is 12.1. The number of pyridine rings is 1. The van der Waals surface area contributed by atoms with Crippen LogP contribution in [0.5, 0.6) is 0 Å². The number of allylic oxidation sites excluding steroid dienone is 1. The van der Waals surface area contributed by atoms with Crippen molar-refractivity contribution in [3.8, 4) is 0 Å². The smallest absolute Gasteiger partial charge is 0.287 e. The molecule has 0 saturated heterocycles. The normalized spacial score (nSPS) is 11.1. The van der Waals surface area contributed by atoms with Gasteiger partial charge in [-0.25, -0.2) is 4.98 Å². The van der Waals surface area contributed by atoms with Crippen LogP contribution in [0.15, 0.2) is 60.4 Å². The summed E-state index contributed by atoms with van der Waals surface area (Å²) in [7, 11) is 0. The SMILES string of the molecule is C=CCn1c(C)c(/C=N\Nc2ccc([N+](=O)[O-])cn2)c2ccccc21. The summed E-state index contributed by atoms with van der Waals surface area (Å²) in [5.41, 5.74) is 5.95. The van der Waals surface area contributed by atoms with Crippen LogP contribution < -0.4 is 5.43 Å². The molecule has 7 nitrogen and oxygen atoms in total. The van der Waals surface area contributed by atoms with Crippen LogP contribution in [-0.2, 0) is 6.54 Å². The Morgan fingerprint density at radius 3 is 2.84 bits per heavy atom. The number of hydrogen-bond donors (Lipinski definition) is 1. The van der Waals surface area contributed by atoms with Gasteiger partial charge in [-0.15, -0.1) is 6.58 Å². The molecule has 2 aromatic heterocycles. The second-order valence-corrected chi connectivity index (χ2v) is 5.44.